The van der Waals surface area contributed by atoms with Gasteiger partial charge in [0.15, 0.2) is 0 Å². The lowest BCUT2D eigenvalue weighted by Gasteiger charge is -2.17. The Bertz CT molecular complexity index is 221. The summed E-state index contributed by atoms with van der Waals surface area (Å²) in [5, 5.41) is 0. The van der Waals surface area contributed by atoms with Crippen molar-refractivity contribution in [3.05, 3.63) is 35.9 Å². The number of benzene rings is 1. The molecular formula is C10H14ClN. The van der Waals surface area contributed by atoms with Crippen molar-refractivity contribution in [1.29, 1.82) is 0 Å². The van der Waals surface area contributed by atoms with Crippen LogP contribution in [-0.4, -0.2) is 10.5 Å². The van der Waals surface area contributed by atoms with E-state index in [0.717, 1.165) is 6.54 Å². The van der Waals surface area contributed by atoms with E-state index in [1.165, 1.54) is 5.56 Å². The van der Waals surface area contributed by atoms with Gasteiger partial charge in [0.1, 0.15) is 0 Å². The number of nitrogens with zero attached hydrogens (tertiary/aromatic N) is 1. The van der Waals surface area contributed by atoms with Crippen LogP contribution < -0.4 is 0 Å². The van der Waals surface area contributed by atoms with Gasteiger partial charge in [-0.3, -0.25) is 0 Å². The van der Waals surface area contributed by atoms with Crippen molar-refractivity contribution >= 4 is 11.8 Å². The Hall–Kier alpha value is -0.530. The first kappa shape index (κ1) is 9.56. The topological polar surface area (TPSA) is 3.24 Å². The molecule has 0 heterocycles. The summed E-state index contributed by atoms with van der Waals surface area (Å²) in [5.41, 5.74) is 1.25. The molecule has 1 rings (SSSR count). The van der Waals surface area contributed by atoms with Gasteiger partial charge in [-0.05, 0) is 31.2 Å². The first-order valence-corrected chi connectivity index (χ1v) is 4.50. The van der Waals surface area contributed by atoms with Crippen LogP contribution in [0, 0.1) is 0 Å². The van der Waals surface area contributed by atoms with Gasteiger partial charge in [-0.2, -0.15) is 0 Å². The third kappa shape index (κ3) is 2.84. The van der Waals surface area contributed by atoms with Gasteiger partial charge in [-0.25, -0.2) is 4.42 Å². The third-order valence-corrected chi connectivity index (χ3v) is 2.25. The fourth-order valence-electron chi connectivity index (χ4n) is 0.940. The SMILES string of the molecule is CC(C)N(Cl)Cc1ccccc1. The summed E-state index contributed by atoms with van der Waals surface area (Å²) in [5.74, 6) is 0. The van der Waals surface area contributed by atoms with Crippen molar-refractivity contribution < 1.29 is 0 Å². The fraction of sp³-hybridized carbons (Fsp3) is 0.400. The molecule has 0 aromatic heterocycles. The maximum Gasteiger partial charge on any atom is 0.0392 e. The maximum atomic E-state index is 5.98. The second-order valence-corrected chi connectivity index (χ2v) is 3.57. The van der Waals surface area contributed by atoms with Crippen LogP contribution in [0.4, 0.5) is 0 Å². The lowest BCUT2D eigenvalue weighted by Crippen LogP contribution is -2.19. The van der Waals surface area contributed by atoms with Crippen molar-refractivity contribution in [2.24, 2.45) is 0 Å². The maximum absolute atomic E-state index is 5.98. The Balaban J connectivity index is 2.53. The van der Waals surface area contributed by atoms with E-state index in [-0.39, 0.29) is 0 Å². The Morgan fingerprint density at radius 1 is 1.25 bits per heavy atom. The highest BCUT2D eigenvalue weighted by molar-refractivity contribution is 6.13. The van der Waals surface area contributed by atoms with Gasteiger partial charge in [0.25, 0.3) is 0 Å². The Morgan fingerprint density at radius 3 is 2.33 bits per heavy atom. The normalized spacial score (nSPS) is 11.1. The minimum Gasteiger partial charge on any atom is -0.213 e. The highest BCUT2D eigenvalue weighted by Gasteiger charge is 2.05. The van der Waals surface area contributed by atoms with E-state index >= 15 is 0 Å². The quantitative estimate of drug-likeness (QED) is 0.652. The van der Waals surface area contributed by atoms with Crippen molar-refractivity contribution in [2.45, 2.75) is 26.4 Å². The summed E-state index contributed by atoms with van der Waals surface area (Å²) in [6.07, 6.45) is 0. The van der Waals surface area contributed by atoms with Crippen LogP contribution >= 0.6 is 11.8 Å². The van der Waals surface area contributed by atoms with Crippen LogP contribution in [0.25, 0.3) is 0 Å². The van der Waals surface area contributed by atoms with E-state index in [1.54, 1.807) is 4.42 Å². The average molecular weight is 184 g/mol. The minimum absolute atomic E-state index is 0.381. The zero-order valence-electron chi connectivity index (χ0n) is 7.50. The molecule has 0 aliphatic heterocycles. The predicted molar refractivity (Wildman–Crippen MR) is 53.0 cm³/mol. The lowest BCUT2D eigenvalue weighted by atomic mass is 10.2. The molecule has 2 heteroatoms. The zero-order valence-corrected chi connectivity index (χ0v) is 8.25. The van der Waals surface area contributed by atoms with Gasteiger partial charge in [-0.1, -0.05) is 30.3 Å². The molecule has 12 heavy (non-hydrogen) atoms. The predicted octanol–water partition coefficient (Wildman–Crippen LogP) is 3.05. The van der Waals surface area contributed by atoms with Gasteiger partial charge in [-0.15, -0.1) is 0 Å². The number of rotatable bonds is 3. The van der Waals surface area contributed by atoms with Crippen LogP contribution in [0.2, 0.25) is 0 Å². The van der Waals surface area contributed by atoms with Crippen LogP contribution in [0.5, 0.6) is 0 Å². The largest absolute Gasteiger partial charge is 0.213 e. The number of halogens is 1. The van der Waals surface area contributed by atoms with E-state index in [1.807, 2.05) is 18.2 Å². The molecule has 0 bridgehead atoms. The van der Waals surface area contributed by atoms with Crippen molar-refractivity contribution in [1.82, 2.24) is 4.42 Å². The number of hydrogen-bond acceptors (Lipinski definition) is 1. The molecule has 0 amide bonds. The second-order valence-electron chi connectivity index (χ2n) is 3.14. The molecule has 0 unspecified atom stereocenters. The highest BCUT2D eigenvalue weighted by atomic mass is 35.5. The van der Waals surface area contributed by atoms with E-state index in [9.17, 15) is 0 Å². The van der Waals surface area contributed by atoms with Crippen LogP contribution in [0.1, 0.15) is 19.4 Å². The highest BCUT2D eigenvalue weighted by Crippen LogP contribution is 2.09. The van der Waals surface area contributed by atoms with E-state index in [4.69, 9.17) is 11.8 Å². The average Bonchev–Trinajstić information content (AvgIpc) is 2.06. The summed E-state index contributed by atoms with van der Waals surface area (Å²) < 4.78 is 1.80. The Morgan fingerprint density at radius 2 is 1.83 bits per heavy atom. The number of hydrogen-bond donors (Lipinski definition) is 0. The molecule has 0 fully saturated rings. The Kier molecular flexibility index (Phi) is 3.57. The van der Waals surface area contributed by atoms with E-state index < -0.39 is 0 Å². The molecule has 0 saturated carbocycles. The van der Waals surface area contributed by atoms with Crippen molar-refractivity contribution in [3.8, 4) is 0 Å². The van der Waals surface area contributed by atoms with Gasteiger partial charge in [0.05, 0.1) is 0 Å². The standard InChI is InChI=1S/C10H14ClN/c1-9(2)12(11)8-10-6-4-3-5-7-10/h3-7,9H,8H2,1-2H3. The molecule has 1 aromatic carbocycles. The summed E-state index contributed by atoms with van der Waals surface area (Å²) in [6.45, 7) is 4.96. The molecule has 0 saturated heterocycles. The third-order valence-electron chi connectivity index (χ3n) is 1.74. The van der Waals surface area contributed by atoms with Crippen molar-refractivity contribution in [3.63, 3.8) is 0 Å². The fourth-order valence-corrected chi connectivity index (χ4v) is 1.08. The second kappa shape index (κ2) is 4.48. The lowest BCUT2D eigenvalue weighted by molar-refractivity contribution is 0.375. The smallest absolute Gasteiger partial charge is 0.0392 e. The van der Waals surface area contributed by atoms with Gasteiger partial charge in [0, 0.05) is 12.6 Å². The molecule has 0 spiro atoms. The first-order chi connectivity index (χ1) is 5.70. The minimum atomic E-state index is 0.381. The molecule has 66 valence electrons. The summed E-state index contributed by atoms with van der Waals surface area (Å²) in [6, 6.07) is 10.6. The molecule has 0 aliphatic carbocycles. The van der Waals surface area contributed by atoms with Gasteiger partial charge < -0.3 is 0 Å². The van der Waals surface area contributed by atoms with Crippen LogP contribution in [0.3, 0.4) is 0 Å². The molecule has 0 radical (unpaired) electrons. The van der Waals surface area contributed by atoms with Crippen molar-refractivity contribution in [2.75, 3.05) is 0 Å². The zero-order chi connectivity index (χ0) is 8.97. The molecule has 1 aromatic rings. The molecule has 0 atom stereocenters. The first-order valence-electron chi connectivity index (χ1n) is 4.16. The molecule has 0 N–H and O–H groups in total. The van der Waals surface area contributed by atoms with Crippen LogP contribution in [0.15, 0.2) is 30.3 Å². The molecule has 0 aliphatic rings. The van der Waals surface area contributed by atoms with E-state index in [2.05, 4.69) is 26.0 Å². The molecular weight excluding hydrogens is 170 g/mol. The van der Waals surface area contributed by atoms with Gasteiger partial charge >= 0.3 is 0 Å². The monoisotopic (exact) mass is 183 g/mol. The summed E-state index contributed by atoms with van der Waals surface area (Å²) in [7, 11) is 0. The van der Waals surface area contributed by atoms with Gasteiger partial charge in [0.2, 0.25) is 0 Å². The Labute approximate surface area is 79.1 Å². The van der Waals surface area contributed by atoms with Crippen LogP contribution in [-0.2, 0) is 6.54 Å². The van der Waals surface area contributed by atoms with E-state index in [0.29, 0.717) is 6.04 Å². The summed E-state index contributed by atoms with van der Waals surface area (Å²) in [4.78, 5) is 0. The molecule has 1 nitrogen and oxygen atoms in total. The summed E-state index contributed by atoms with van der Waals surface area (Å²) >= 11 is 5.98.